The summed E-state index contributed by atoms with van der Waals surface area (Å²) in [5, 5.41) is 1.73. The van der Waals surface area contributed by atoms with Crippen LogP contribution >= 0.6 is 11.8 Å². The fraction of sp³-hybridized carbons (Fsp3) is 0.227. The summed E-state index contributed by atoms with van der Waals surface area (Å²) in [5.41, 5.74) is 3.11. The molecule has 6 heteroatoms. The van der Waals surface area contributed by atoms with E-state index < -0.39 is 0 Å². The molecule has 4 rings (SSSR count). The first-order valence-corrected chi connectivity index (χ1v) is 10.2. The molecule has 0 amide bonds. The van der Waals surface area contributed by atoms with E-state index in [0.717, 1.165) is 16.6 Å². The molecule has 0 radical (unpaired) electrons. The van der Waals surface area contributed by atoms with Crippen LogP contribution < -0.4 is 5.56 Å². The SMILES string of the molecule is CCn1c(SC(C)C(=O)c2c(C)[nH]c3ccccc23)nc2ccccc2c1=O. The molecular formula is C22H21N3O2S. The zero-order valence-corrected chi connectivity index (χ0v) is 16.8. The molecule has 5 nitrogen and oxygen atoms in total. The third-order valence-electron chi connectivity index (χ3n) is 4.93. The summed E-state index contributed by atoms with van der Waals surface area (Å²) in [5.74, 6) is 0.0324. The number of hydrogen-bond donors (Lipinski definition) is 1. The first-order valence-electron chi connectivity index (χ1n) is 9.29. The Balaban J connectivity index is 1.74. The van der Waals surface area contributed by atoms with Gasteiger partial charge in [-0.3, -0.25) is 14.2 Å². The van der Waals surface area contributed by atoms with E-state index in [1.807, 2.05) is 63.2 Å². The molecule has 4 aromatic rings. The summed E-state index contributed by atoms with van der Waals surface area (Å²) in [6.45, 7) is 6.21. The maximum absolute atomic E-state index is 13.2. The largest absolute Gasteiger partial charge is 0.358 e. The monoisotopic (exact) mass is 391 g/mol. The van der Waals surface area contributed by atoms with Gasteiger partial charge in [0.1, 0.15) is 0 Å². The highest BCUT2D eigenvalue weighted by molar-refractivity contribution is 8.00. The maximum Gasteiger partial charge on any atom is 0.262 e. The highest BCUT2D eigenvalue weighted by Crippen LogP contribution is 2.29. The number of rotatable bonds is 5. The van der Waals surface area contributed by atoms with Crippen molar-refractivity contribution in [2.45, 2.75) is 37.7 Å². The molecule has 0 aliphatic carbocycles. The molecule has 2 heterocycles. The van der Waals surface area contributed by atoms with Gasteiger partial charge < -0.3 is 4.98 Å². The third kappa shape index (κ3) is 3.03. The minimum atomic E-state index is -0.372. The topological polar surface area (TPSA) is 67.8 Å². The zero-order valence-electron chi connectivity index (χ0n) is 16.0. The lowest BCUT2D eigenvalue weighted by molar-refractivity contribution is 0.0995. The molecule has 0 spiro atoms. The average Bonchev–Trinajstić information content (AvgIpc) is 3.03. The number of ketones is 1. The number of para-hydroxylation sites is 2. The molecule has 2 aromatic carbocycles. The van der Waals surface area contributed by atoms with E-state index in [1.54, 1.807) is 10.6 Å². The van der Waals surface area contributed by atoms with Crippen LogP contribution in [0.2, 0.25) is 0 Å². The number of thioether (sulfide) groups is 1. The molecule has 0 bridgehead atoms. The van der Waals surface area contributed by atoms with E-state index in [2.05, 4.69) is 9.97 Å². The van der Waals surface area contributed by atoms with Crippen molar-refractivity contribution >= 4 is 39.4 Å². The molecule has 0 saturated carbocycles. The Morgan fingerprint density at radius 1 is 1.14 bits per heavy atom. The van der Waals surface area contributed by atoms with Gasteiger partial charge in [0, 0.05) is 28.7 Å². The number of aryl methyl sites for hydroxylation is 1. The molecule has 0 aliphatic heterocycles. The predicted octanol–water partition coefficient (Wildman–Crippen LogP) is 4.57. The lowest BCUT2D eigenvalue weighted by Crippen LogP contribution is -2.24. The minimum absolute atomic E-state index is 0.0324. The van der Waals surface area contributed by atoms with E-state index >= 15 is 0 Å². The van der Waals surface area contributed by atoms with Gasteiger partial charge in [-0.2, -0.15) is 0 Å². The number of nitrogens with zero attached hydrogens (tertiary/aromatic N) is 2. The lowest BCUT2D eigenvalue weighted by atomic mass is 10.1. The summed E-state index contributed by atoms with van der Waals surface area (Å²) < 4.78 is 1.64. The second-order valence-electron chi connectivity index (χ2n) is 6.76. The van der Waals surface area contributed by atoms with E-state index in [0.29, 0.717) is 28.2 Å². The normalized spacial score (nSPS) is 12.5. The minimum Gasteiger partial charge on any atom is -0.358 e. The van der Waals surface area contributed by atoms with E-state index in [4.69, 9.17) is 0 Å². The Labute approximate surface area is 166 Å². The number of carbonyl (C=O) groups is 1. The zero-order chi connectivity index (χ0) is 19.8. The summed E-state index contributed by atoms with van der Waals surface area (Å²) in [6, 6.07) is 15.1. The van der Waals surface area contributed by atoms with Crippen molar-refractivity contribution in [2.24, 2.45) is 0 Å². The summed E-state index contributed by atoms with van der Waals surface area (Å²) in [4.78, 5) is 34.0. The van der Waals surface area contributed by atoms with Crippen molar-refractivity contribution in [2.75, 3.05) is 0 Å². The standard InChI is InChI=1S/C22H21N3O2S/c1-4-25-21(27)16-10-6-8-12-18(16)24-22(25)28-14(3)20(26)19-13(2)23-17-11-7-5-9-15(17)19/h5-12,14,23H,4H2,1-3H3. The molecule has 1 atom stereocenters. The van der Waals surface area contributed by atoms with Crippen LogP contribution in [0.1, 0.15) is 29.9 Å². The fourth-order valence-electron chi connectivity index (χ4n) is 3.53. The van der Waals surface area contributed by atoms with E-state index in [-0.39, 0.29) is 16.6 Å². The van der Waals surface area contributed by atoms with Crippen LogP contribution in [0.3, 0.4) is 0 Å². The summed E-state index contributed by atoms with van der Waals surface area (Å²) in [6.07, 6.45) is 0. The van der Waals surface area contributed by atoms with Crippen molar-refractivity contribution in [3.63, 3.8) is 0 Å². The number of aromatic amines is 1. The third-order valence-corrected chi connectivity index (χ3v) is 6.02. The number of fused-ring (bicyclic) bond motifs is 2. The molecule has 1 N–H and O–H groups in total. The molecule has 0 fully saturated rings. The van der Waals surface area contributed by atoms with Gasteiger partial charge in [0.05, 0.1) is 16.2 Å². The second kappa shape index (κ2) is 7.28. The van der Waals surface area contributed by atoms with Gasteiger partial charge in [0.25, 0.3) is 5.56 Å². The van der Waals surface area contributed by atoms with Gasteiger partial charge in [-0.1, -0.05) is 42.1 Å². The average molecular weight is 391 g/mol. The Bertz CT molecular complexity index is 1260. The molecule has 0 aliphatic rings. The predicted molar refractivity (Wildman–Crippen MR) is 114 cm³/mol. The smallest absolute Gasteiger partial charge is 0.262 e. The van der Waals surface area contributed by atoms with Crippen molar-refractivity contribution in [1.29, 1.82) is 0 Å². The van der Waals surface area contributed by atoms with Crippen LogP contribution in [0.25, 0.3) is 21.8 Å². The van der Waals surface area contributed by atoms with Gasteiger partial charge in [-0.25, -0.2) is 4.98 Å². The van der Waals surface area contributed by atoms with E-state index in [1.165, 1.54) is 11.8 Å². The molecular weight excluding hydrogens is 370 g/mol. The number of carbonyl (C=O) groups excluding carboxylic acids is 1. The van der Waals surface area contributed by atoms with Crippen LogP contribution in [0.5, 0.6) is 0 Å². The number of benzene rings is 2. The summed E-state index contributed by atoms with van der Waals surface area (Å²) in [7, 11) is 0. The number of aromatic nitrogens is 3. The van der Waals surface area contributed by atoms with Crippen LogP contribution in [-0.2, 0) is 6.54 Å². The molecule has 1 unspecified atom stereocenters. The van der Waals surface area contributed by atoms with Crippen LogP contribution in [-0.4, -0.2) is 25.6 Å². The van der Waals surface area contributed by atoms with Crippen LogP contribution in [0.15, 0.2) is 58.5 Å². The maximum atomic E-state index is 13.2. The van der Waals surface area contributed by atoms with Crippen molar-refractivity contribution < 1.29 is 4.79 Å². The van der Waals surface area contributed by atoms with Gasteiger partial charge in [-0.05, 0) is 39.0 Å². The molecule has 142 valence electrons. The van der Waals surface area contributed by atoms with Gasteiger partial charge in [0.2, 0.25) is 0 Å². The van der Waals surface area contributed by atoms with Crippen molar-refractivity contribution in [3.05, 3.63) is 70.1 Å². The van der Waals surface area contributed by atoms with Crippen LogP contribution in [0.4, 0.5) is 0 Å². The van der Waals surface area contributed by atoms with Gasteiger partial charge in [-0.15, -0.1) is 0 Å². The Hall–Kier alpha value is -2.86. The van der Waals surface area contributed by atoms with Crippen LogP contribution in [0, 0.1) is 6.92 Å². The molecule has 2 aromatic heterocycles. The van der Waals surface area contributed by atoms with Gasteiger partial charge in [0.15, 0.2) is 10.9 Å². The second-order valence-corrected chi connectivity index (χ2v) is 8.06. The Morgan fingerprint density at radius 2 is 1.82 bits per heavy atom. The quantitative estimate of drug-likeness (QED) is 0.307. The van der Waals surface area contributed by atoms with Crippen molar-refractivity contribution in [1.82, 2.24) is 14.5 Å². The number of Topliss-reactive ketones (excluding diaryl/α,β-unsaturated/α-hetero) is 1. The fourth-order valence-corrected chi connectivity index (χ4v) is 4.56. The lowest BCUT2D eigenvalue weighted by Gasteiger charge is -2.15. The molecule has 0 saturated heterocycles. The number of H-pyrrole nitrogens is 1. The van der Waals surface area contributed by atoms with E-state index in [9.17, 15) is 9.59 Å². The molecule has 28 heavy (non-hydrogen) atoms. The Kier molecular flexibility index (Phi) is 4.81. The highest BCUT2D eigenvalue weighted by atomic mass is 32.2. The number of nitrogens with one attached hydrogen (secondary N) is 1. The van der Waals surface area contributed by atoms with Crippen molar-refractivity contribution in [3.8, 4) is 0 Å². The first kappa shape index (κ1) is 18.5. The highest BCUT2D eigenvalue weighted by Gasteiger charge is 2.24. The summed E-state index contributed by atoms with van der Waals surface area (Å²) >= 11 is 1.34. The number of hydrogen-bond acceptors (Lipinski definition) is 4. The Morgan fingerprint density at radius 3 is 2.57 bits per heavy atom. The first-order chi connectivity index (χ1) is 13.5. The van der Waals surface area contributed by atoms with Gasteiger partial charge >= 0.3 is 0 Å².